The maximum Gasteiger partial charge on any atom is 0.184 e. The highest BCUT2D eigenvalue weighted by molar-refractivity contribution is 5.97. The van der Waals surface area contributed by atoms with Gasteiger partial charge in [-0.15, -0.1) is 0 Å². The summed E-state index contributed by atoms with van der Waals surface area (Å²) < 4.78 is 10.9. The first kappa shape index (κ1) is 14.0. The summed E-state index contributed by atoms with van der Waals surface area (Å²) in [5.74, 6) is 0.124. The molecule has 1 aliphatic heterocycles. The minimum atomic E-state index is -0.331. The Kier molecular flexibility index (Phi) is 4.17. The monoisotopic (exact) mass is 260 g/mol. The fourth-order valence-corrected chi connectivity index (χ4v) is 1.74. The lowest BCUT2D eigenvalue weighted by Crippen LogP contribution is -2.17. The standard InChI is InChI=1S/C16H20O3/c1-16(2,3)14(17)9-6-12-4-7-13(8-5-12)15-18-10-11-19-15/h4-9,15H,10-11H2,1-3H3/b9-6+. The van der Waals surface area contributed by atoms with Gasteiger partial charge in [-0.3, -0.25) is 4.79 Å². The van der Waals surface area contributed by atoms with E-state index >= 15 is 0 Å². The summed E-state index contributed by atoms with van der Waals surface area (Å²) in [4.78, 5) is 11.8. The van der Waals surface area contributed by atoms with Gasteiger partial charge in [0.2, 0.25) is 0 Å². The first-order valence-corrected chi connectivity index (χ1v) is 6.52. The van der Waals surface area contributed by atoms with Crippen molar-refractivity contribution in [3.63, 3.8) is 0 Å². The lowest BCUT2D eigenvalue weighted by molar-refractivity contribution is -0.121. The Balaban J connectivity index is 2.02. The zero-order valence-corrected chi connectivity index (χ0v) is 11.7. The molecule has 102 valence electrons. The van der Waals surface area contributed by atoms with E-state index in [0.29, 0.717) is 13.2 Å². The number of allylic oxidation sites excluding steroid dienone is 1. The van der Waals surface area contributed by atoms with Crippen LogP contribution in [0.25, 0.3) is 6.08 Å². The average Bonchev–Trinajstić information content (AvgIpc) is 2.89. The highest BCUT2D eigenvalue weighted by atomic mass is 16.7. The number of benzene rings is 1. The van der Waals surface area contributed by atoms with Gasteiger partial charge in [0, 0.05) is 11.0 Å². The zero-order valence-electron chi connectivity index (χ0n) is 11.7. The van der Waals surface area contributed by atoms with Crippen LogP contribution in [0.5, 0.6) is 0 Å². The maximum absolute atomic E-state index is 11.8. The molecule has 1 saturated heterocycles. The molecule has 1 aromatic carbocycles. The molecule has 3 nitrogen and oxygen atoms in total. The molecular weight excluding hydrogens is 240 g/mol. The average molecular weight is 260 g/mol. The largest absolute Gasteiger partial charge is 0.346 e. The van der Waals surface area contributed by atoms with E-state index in [1.165, 1.54) is 0 Å². The van der Waals surface area contributed by atoms with E-state index in [1.807, 2.05) is 51.1 Å². The van der Waals surface area contributed by atoms with E-state index in [4.69, 9.17) is 9.47 Å². The van der Waals surface area contributed by atoms with Crippen LogP contribution in [0.4, 0.5) is 0 Å². The quantitative estimate of drug-likeness (QED) is 0.782. The SMILES string of the molecule is CC(C)(C)C(=O)/C=C/c1ccc(C2OCCO2)cc1. The third-order valence-electron chi connectivity index (χ3n) is 3.00. The van der Waals surface area contributed by atoms with E-state index < -0.39 is 0 Å². The van der Waals surface area contributed by atoms with Gasteiger partial charge in [0.15, 0.2) is 12.1 Å². The molecule has 1 heterocycles. The lowest BCUT2D eigenvalue weighted by Gasteiger charge is -2.13. The van der Waals surface area contributed by atoms with Crippen molar-refractivity contribution >= 4 is 11.9 Å². The Hall–Kier alpha value is -1.45. The van der Waals surface area contributed by atoms with E-state index in [2.05, 4.69) is 0 Å². The Morgan fingerprint density at radius 1 is 1.16 bits per heavy atom. The zero-order chi connectivity index (χ0) is 13.9. The van der Waals surface area contributed by atoms with Gasteiger partial charge in [-0.2, -0.15) is 0 Å². The van der Waals surface area contributed by atoms with Crippen LogP contribution >= 0.6 is 0 Å². The Morgan fingerprint density at radius 3 is 2.26 bits per heavy atom. The highest BCUT2D eigenvalue weighted by Gasteiger charge is 2.18. The van der Waals surface area contributed by atoms with Gasteiger partial charge in [-0.1, -0.05) is 51.1 Å². The molecule has 0 N–H and O–H groups in total. The Bertz CT molecular complexity index is 460. The minimum Gasteiger partial charge on any atom is -0.346 e. The number of hydrogen-bond donors (Lipinski definition) is 0. The second-order valence-corrected chi connectivity index (χ2v) is 5.69. The van der Waals surface area contributed by atoms with Crippen molar-refractivity contribution in [2.45, 2.75) is 27.1 Å². The van der Waals surface area contributed by atoms with Gasteiger partial charge in [-0.05, 0) is 11.6 Å². The van der Waals surface area contributed by atoms with Crippen molar-refractivity contribution in [2.24, 2.45) is 5.41 Å². The van der Waals surface area contributed by atoms with Gasteiger partial charge < -0.3 is 9.47 Å². The fourth-order valence-electron chi connectivity index (χ4n) is 1.74. The molecule has 0 amide bonds. The number of carbonyl (C=O) groups excluding carboxylic acids is 1. The summed E-state index contributed by atoms with van der Waals surface area (Å²) >= 11 is 0. The second kappa shape index (κ2) is 5.68. The van der Waals surface area contributed by atoms with Crippen LogP contribution < -0.4 is 0 Å². The van der Waals surface area contributed by atoms with Gasteiger partial charge in [0.1, 0.15) is 0 Å². The van der Waals surface area contributed by atoms with Gasteiger partial charge >= 0.3 is 0 Å². The van der Waals surface area contributed by atoms with Crippen LogP contribution in [0, 0.1) is 5.41 Å². The molecule has 1 aliphatic rings. The van der Waals surface area contributed by atoms with Gasteiger partial charge in [-0.25, -0.2) is 0 Å². The first-order chi connectivity index (χ1) is 8.97. The molecule has 0 aliphatic carbocycles. The molecule has 2 rings (SSSR count). The molecule has 0 bridgehead atoms. The van der Waals surface area contributed by atoms with Crippen LogP contribution in [0.3, 0.4) is 0 Å². The molecule has 0 radical (unpaired) electrons. The van der Waals surface area contributed by atoms with Crippen molar-refractivity contribution in [3.05, 3.63) is 41.5 Å². The van der Waals surface area contributed by atoms with Crippen LogP contribution in [-0.2, 0) is 14.3 Å². The number of ether oxygens (including phenoxy) is 2. The summed E-state index contributed by atoms with van der Waals surface area (Å²) in [5.41, 5.74) is 1.68. The van der Waals surface area contributed by atoms with Crippen molar-refractivity contribution in [3.8, 4) is 0 Å². The van der Waals surface area contributed by atoms with E-state index in [0.717, 1.165) is 11.1 Å². The molecular formula is C16H20O3. The summed E-state index contributed by atoms with van der Waals surface area (Å²) in [6.45, 7) is 7.03. The van der Waals surface area contributed by atoms with E-state index in [9.17, 15) is 4.79 Å². The van der Waals surface area contributed by atoms with Gasteiger partial charge in [0.05, 0.1) is 13.2 Å². The maximum atomic E-state index is 11.8. The highest BCUT2D eigenvalue weighted by Crippen LogP contribution is 2.23. The molecule has 19 heavy (non-hydrogen) atoms. The number of ketones is 1. The Labute approximate surface area is 114 Å². The normalized spacial score (nSPS) is 17.2. The van der Waals surface area contributed by atoms with Crippen molar-refractivity contribution < 1.29 is 14.3 Å². The van der Waals surface area contributed by atoms with Crippen molar-refractivity contribution in [2.75, 3.05) is 13.2 Å². The van der Waals surface area contributed by atoms with Crippen LogP contribution in [0.1, 0.15) is 38.2 Å². The molecule has 0 atom stereocenters. The molecule has 1 aromatic rings. The molecule has 0 spiro atoms. The minimum absolute atomic E-state index is 0.124. The predicted molar refractivity (Wildman–Crippen MR) is 74.6 cm³/mol. The van der Waals surface area contributed by atoms with Crippen LogP contribution in [-0.4, -0.2) is 19.0 Å². The smallest absolute Gasteiger partial charge is 0.184 e. The molecule has 1 fully saturated rings. The Morgan fingerprint density at radius 2 is 1.74 bits per heavy atom. The van der Waals surface area contributed by atoms with Crippen LogP contribution in [0.15, 0.2) is 30.3 Å². The summed E-state index contributed by atoms with van der Waals surface area (Å²) in [7, 11) is 0. The topological polar surface area (TPSA) is 35.5 Å². The lowest BCUT2D eigenvalue weighted by atomic mass is 9.90. The first-order valence-electron chi connectivity index (χ1n) is 6.52. The summed E-state index contributed by atoms with van der Waals surface area (Å²) in [5, 5.41) is 0. The number of carbonyl (C=O) groups is 1. The van der Waals surface area contributed by atoms with Crippen molar-refractivity contribution in [1.29, 1.82) is 0 Å². The molecule has 0 aromatic heterocycles. The summed E-state index contributed by atoms with van der Waals surface area (Å²) in [6, 6.07) is 7.87. The fraction of sp³-hybridized carbons (Fsp3) is 0.438. The van der Waals surface area contributed by atoms with Crippen LogP contribution in [0.2, 0.25) is 0 Å². The third-order valence-corrected chi connectivity index (χ3v) is 3.00. The number of hydrogen-bond acceptors (Lipinski definition) is 3. The molecule has 0 unspecified atom stereocenters. The number of rotatable bonds is 3. The predicted octanol–water partition coefficient (Wildman–Crippen LogP) is 3.36. The summed E-state index contributed by atoms with van der Waals surface area (Å²) in [6.07, 6.45) is 3.24. The molecule has 3 heteroatoms. The van der Waals surface area contributed by atoms with Gasteiger partial charge in [0.25, 0.3) is 0 Å². The van der Waals surface area contributed by atoms with E-state index in [1.54, 1.807) is 6.08 Å². The van der Waals surface area contributed by atoms with Crippen molar-refractivity contribution in [1.82, 2.24) is 0 Å². The molecule has 0 saturated carbocycles. The third kappa shape index (κ3) is 3.75. The second-order valence-electron chi connectivity index (χ2n) is 5.69. The van der Waals surface area contributed by atoms with E-state index in [-0.39, 0.29) is 17.5 Å².